The molecule has 0 amide bonds. The first-order valence-electron chi connectivity index (χ1n) is 28.1. The maximum Gasteiger partial charge on any atom is 0.306 e. The molecule has 0 saturated carbocycles. The molecule has 0 aliphatic carbocycles. The van der Waals surface area contributed by atoms with Crippen LogP contribution in [0.5, 0.6) is 0 Å². The molecule has 0 N–H and O–H groups in total. The molecule has 0 saturated heterocycles. The molecular formula is C61H104O6. The molecule has 67 heavy (non-hydrogen) atoms. The highest BCUT2D eigenvalue weighted by molar-refractivity contribution is 5.71. The molecule has 0 radical (unpaired) electrons. The van der Waals surface area contributed by atoms with Crippen molar-refractivity contribution >= 4 is 17.9 Å². The Bertz CT molecular complexity index is 1300. The van der Waals surface area contributed by atoms with E-state index in [4.69, 9.17) is 14.2 Å². The van der Waals surface area contributed by atoms with E-state index >= 15 is 0 Å². The molecule has 0 fully saturated rings. The monoisotopic (exact) mass is 933 g/mol. The number of unbranched alkanes of at least 4 members (excludes halogenated alkanes) is 25. The molecule has 384 valence electrons. The molecule has 0 rings (SSSR count). The molecular weight excluding hydrogens is 829 g/mol. The quantitative estimate of drug-likeness (QED) is 0.0262. The molecule has 0 aliphatic rings. The van der Waals surface area contributed by atoms with Crippen LogP contribution in [0, 0.1) is 0 Å². The number of ether oxygens (including phenoxy) is 3. The Morgan fingerprint density at radius 3 is 0.985 bits per heavy atom. The van der Waals surface area contributed by atoms with Crippen molar-refractivity contribution < 1.29 is 28.6 Å². The van der Waals surface area contributed by atoms with Gasteiger partial charge in [-0.1, -0.05) is 221 Å². The maximum atomic E-state index is 12.8. The molecule has 6 heteroatoms. The van der Waals surface area contributed by atoms with E-state index in [1.165, 1.54) is 128 Å². The summed E-state index contributed by atoms with van der Waals surface area (Å²) < 4.78 is 16.8. The Labute approximate surface area is 414 Å². The Morgan fingerprint density at radius 1 is 0.313 bits per heavy atom. The topological polar surface area (TPSA) is 78.9 Å². The summed E-state index contributed by atoms with van der Waals surface area (Å²) in [5.41, 5.74) is 0. The summed E-state index contributed by atoms with van der Waals surface area (Å²) in [5.74, 6) is -0.969. The van der Waals surface area contributed by atoms with Gasteiger partial charge in [0.25, 0.3) is 0 Å². The lowest BCUT2D eigenvalue weighted by Gasteiger charge is -2.18. The number of rotatable bonds is 50. The van der Waals surface area contributed by atoms with E-state index in [0.717, 1.165) is 89.9 Å². The zero-order valence-electron chi connectivity index (χ0n) is 43.9. The van der Waals surface area contributed by atoms with Gasteiger partial charge in [-0.3, -0.25) is 14.4 Å². The molecule has 0 spiro atoms. The van der Waals surface area contributed by atoms with Crippen LogP contribution in [0.25, 0.3) is 0 Å². The standard InChI is InChI=1S/C61H104O6/c1-4-7-10-13-16-19-22-25-27-29-30-32-33-36-39-42-45-48-51-54-60(63)66-57-58(56-65-59(62)53-50-47-44-41-38-35-24-21-18-15-12-9-6-3)67-61(64)55-52-49-46-43-40-37-34-31-28-26-23-20-17-14-11-8-5-2/h8,11,17,20-21,24-28,34,37,43,46,58H,4-7,9-10,12-16,18-19,22-23,29-33,35-36,38-42,44-45,47-57H2,1-3H3/b11-8-,20-17-,24-21-,27-25-,28-26-,37-34-,46-43-/t58-/m0/s1. The Balaban J connectivity index is 4.45. The van der Waals surface area contributed by atoms with Gasteiger partial charge < -0.3 is 14.2 Å². The van der Waals surface area contributed by atoms with Crippen molar-refractivity contribution in [3.05, 3.63) is 85.1 Å². The van der Waals surface area contributed by atoms with Crippen molar-refractivity contribution in [1.29, 1.82) is 0 Å². The summed E-state index contributed by atoms with van der Waals surface area (Å²) in [6.07, 6.45) is 71.5. The molecule has 1 atom stereocenters. The second kappa shape index (κ2) is 55.2. The molecule has 0 aliphatic heterocycles. The van der Waals surface area contributed by atoms with Crippen LogP contribution in [0.15, 0.2) is 85.1 Å². The first-order valence-corrected chi connectivity index (χ1v) is 28.1. The van der Waals surface area contributed by atoms with E-state index in [1.54, 1.807) is 0 Å². The van der Waals surface area contributed by atoms with Crippen LogP contribution >= 0.6 is 0 Å². The highest BCUT2D eigenvalue weighted by Crippen LogP contribution is 2.14. The number of hydrogen-bond acceptors (Lipinski definition) is 6. The van der Waals surface area contributed by atoms with Gasteiger partial charge in [0.1, 0.15) is 13.2 Å². The predicted molar refractivity (Wildman–Crippen MR) is 288 cm³/mol. The van der Waals surface area contributed by atoms with E-state index in [9.17, 15) is 14.4 Å². The lowest BCUT2D eigenvalue weighted by atomic mass is 10.1. The van der Waals surface area contributed by atoms with Crippen LogP contribution in [0.4, 0.5) is 0 Å². The molecule has 0 aromatic carbocycles. The van der Waals surface area contributed by atoms with Crippen LogP contribution in [0.2, 0.25) is 0 Å². The van der Waals surface area contributed by atoms with Crippen molar-refractivity contribution in [2.75, 3.05) is 13.2 Å². The van der Waals surface area contributed by atoms with Gasteiger partial charge in [0.05, 0.1) is 0 Å². The first-order chi connectivity index (χ1) is 33.0. The summed E-state index contributed by atoms with van der Waals surface area (Å²) in [4.78, 5) is 38.1. The average molecular weight is 933 g/mol. The van der Waals surface area contributed by atoms with Crippen molar-refractivity contribution in [3.8, 4) is 0 Å². The fraction of sp³-hybridized carbons (Fsp3) is 0.721. The summed E-state index contributed by atoms with van der Waals surface area (Å²) in [6.45, 7) is 6.46. The van der Waals surface area contributed by atoms with Crippen LogP contribution in [0.3, 0.4) is 0 Å². The number of carbonyl (C=O) groups is 3. The number of allylic oxidation sites excluding steroid dienone is 14. The predicted octanol–water partition coefficient (Wildman–Crippen LogP) is 18.8. The normalized spacial score (nSPS) is 12.7. The van der Waals surface area contributed by atoms with Crippen LogP contribution in [0.1, 0.15) is 265 Å². The summed E-state index contributed by atoms with van der Waals surface area (Å²) in [7, 11) is 0. The van der Waals surface area contributed by atoms with Crippen LogP contribution < -0.4 is 0 Å². The first kappa shape index (κ1) is 63.6. The van der Waals surface area contributed by atoms with Crippen LogP contribution in [-0.4, -0.2) is 37.2 Å². The second-order valence-electron chi connectivity index (χ2n) is 18.5. The van der Waals surface area contributed by atoms with Gasteiger partial charge >= 0.3 is 17.9 Å². The largest absolute Gasteiger partial charge is 0.462 e. The van der Waals surface area contributed by atoms with Gasteiger partial charge in [-0.05, 0) is 109 Å². The van der Waals surface area contributed by atoms with E-state index in [-0.39, 0.29) is 37.5 Å². The Kier molecular flexibility index (Phi) is 52.4. The van der Waals surface area contributed by atoms with Crippen molar-refractivity contribution in [3.63, 3.8) is 0 Å². The lowest BCUT2D eigenvalue weighted by Crippen LogP contribution is -2.30. The van der Waals surface area contributed by atoms with Crippen LogP contribution in [-0.2, 0) is 28.6 Å². The minimum absolute atomic E-state index is 0.102. The average Bonchev–Trinajstić information content (AvgIpc) is 3.33. The minimum Gasteiger partial charge on any atom is -0.462 e. The fourth-order valence-corrected chi connectivity index (χ4v) is 7.64. The third-order valence-electron chi connectivity index (χ3n) is 11.9. The summed E-state index contributed by atoms with van der Waals surface area (Å²) >= 11 is 0. The smallest absolute Gasteiger partial charge is 0.306 e. The molecule has 0 heterocycles. The minimum atomic E-state index is -0.810. The lowest BCUT2D eigenvalue weighted by molar-refractivity contribution is -0.167. The molecule has 0 aromatic heterocycles. The number of esters is 3. The second-order valence-corrected chi connectivity index (χ2v) is 18.5. The van der Waals surface area contributed by atoms with Crippen molar-refractivity contribution in [1.82, 2.24) is 0 Å². The van der Waals surface area contributed by atoms with E-state index < -0.39 is 6.10 Å². The molecule has 6 nitrogen and oxygen atoms in total. The van der Waals surface area contributed by atoms with Gasteiger partial charge in [0, 0.05) is 19.3 Å². The van der Waals surface area contributed by atoms with Gasteiger partial charge in [0.15, 0.2) is 6.10 Å². The summed E-state index contributed by atoms with van der Waals surface area (Å²) in [5, 5.41) is 0. The molecule has 0 bridgehead atoms. The highest BCUT2D eigenvalue weighted by Gasteiger charge is 2.19. The summed E-state index contributed by atoms with van der Waals surface area (Å²) in [6, 6.07) is 0. The maximum absolute atomic E-state index is 12.8. The molecule has 0 unspecified atom stereocenters. The number of carbonyl (C=O) groups excluding carboxylic acids is 3. The van der Waals surface area contributed by atoms with Gasteiger partial charge in [-0.2, -0.15) is 0 Å². The number of hydrogen-bond donors (Lipinski definition) is 0. The van der Waals surface area contributed by atoms with Gasteiger partial charge in [0.2, 0.25) is 0 Å². The van der Waals surface area contributed by atoms with E-state index in [0.29, 0.717) is 19.3 Å². The van der Waals surface area contributed by atoms with Gasteiger partial charge in [-0.15, -0.1) is 0 Å². The zero-order chi connectivity index (χ0) is 48.6. The van der Waals surface area contributed by atoms with E-state index in [1.807, 2.05) is 0 Å². The zero-order valence-corrected chi connectivity index (χ0v) is 43.9. The van der Waals surface area contributed by atoms with Crippen molar-refractivity contribution in [2.24, 2.45) is 0 Å². The third kappa shape index (κ3) is 53.4. The van der Waals surface area contributed by atoms with E-state index in [2.05, 4.69) is 106 Å². The van der Waals surface area contributed by atoms with Crippen molar-refractivity contribution in [2.45, 2.75) is 271 Å². The highest BCUT2D eigenvalue weighted by atomic mass is 16.6. The Hall–Kier alpha value is -3.41. The molecule has 0 aromatic rings. The third-order valence-corrected chi connectivity index (χ3v) is 11.9. The fourth-order valence-electron chi connectivity index (χ4n) is 7.64. The SMILES string of the molecule is CC/C=C\C/C=C\C/C=C\C/C=C\C/C=C\CCCC(=O)O[C@@H](COC(=O)CCCCCCC/C=C\CCCCCC)COC(=O)CCCCCCCCCCC/C=C\CCCCCCCC. The van der Waals surface area contributed by atoms with Gasteiger partial charge in [-0.25, -0.2) is 0 Å². The Morgan fingerprint density at radius 2 is 0.597 bits per heavy atom.